The van der Waals surface area contributed by atoms with Crippen LogP contribution >= 0.6 is 0 Å². The van der Waals surface area contributed by atoms with Gasteiger partial charge < -0.3 is 14.6 Å². The van der Waals surface area contributed by atoms with Crippen LogP contribution in [0.2, 0.25) is 0 Å². The van der Waals surface area contributed by atoms with Crippen LogP contribution in [0.5, 0.6) is 5.75 Å². The first kappa shape index (κ1) is 17.5. The molecule has 25 heavy (non-hydrogen) atoms. The molecule has 0 bridgehead atoms. The third-order valence-corrected chi connectivity index (χ3v) is 4.80. The third kappa shape index (κ3) is 3.55. The zero-order valence-electron chi connectivity index (χ0n) is 15.7. The van der Waals surface area contributed by atoms with Crippen molar-refractivity contribution in [1.82, 2.24) is 14.9 Å². The summed E-state index contributed by atoms with van der Waals surface area (Å²) in [5.41, 5.74) is 4.20. The summed E-state index contributed by atoms with van der Waals surface area (Å²) in [7, 11) is 1.72. The number of rotatable bonds is 4. The molecule has 0 saturated heterocycles. The number of benzene rings is 1. The van der Waals surface area contributed by atoms with E-state index in [1.165, 1.54) is 16.7 Å². The highest BCUT2D eigenvalue weighted by Crippen LogP contribution is 2.33. The maximum Gasteiger partial charge on any atom is 0.271 e. The van der Waals surface area contributed by atoms with E-state index in [0.717, 1.165) is 31.0 Å². The van der Waals surface area contributed by atoms with Crippen molar-refractivity contribution >= 4 is 5.91 Å². The molecule has 5 heteroatoms. The minimum Gasteiger partial charge on any atom is -0.496 e. The third-order valence-electron chi connectivity index (χ3n) is 4.80. The number of nitrogens with zero attached hydrogens (tertiary/aromatic N) is 2. The highest BCUT2D eigenvalue weighted by Gasteiger charge is 2.24. The van der Waals surface area contributed by atoms with Gasteiger partial charge in [0.25, 0.3) is 5.91 Å². The molecule has 1 aliphatic heterocycles. The van der Waals surface area contributed by atoms with Crippen LogP contribution in [0.25, 0.3) is 0 Å². The van der Waals surface area contributed by atoms with Gasteiger partial charge in [0.1, 0.15) is 17.3 Å². The second-order valence-electron chi connectivity index (χ2n) is 7.25. The quantitative estimate of drug-likeness (QED) is 0.927. The molecule has 134 valence electrons. The van der Waals surface area contributed by atoms with Crippen molar-refractivity contribution in [3.63, 3.8) is 0 Å². The van der Waals surface area contributed by atoms with Gasteiger partial charge in [0.05, 0.1) is 7.11 Å². The van der Waals surface area contributed by atoms with Gasteiger partial charge in [-0.2, -0.15) is 0 Å². The van der Waals surface area contributed by atoms with Crippen molar-refractivity contribution in [2.24, 2.45) is 0 Å². The van der Waals surface area contributed by atoms with Gasteiger partial charge in [-0.3, -0.25) is 4.79 Å². The average Bonchev–Trinajstić information content (AvgIpc) is 2.97. The van der Waals surface area contributed by atoms with Gasteiger partial charge in [-0.05, 0) is 50.8 Å². The molecule has 0 saturated carbocycles. The summed E-state index contributed by atoms with van der Waals surface area (Å²) in [4.78, 5) is 16.7. The van der Waals surface area contributed by atoms with Crippen molar-refractivity contribution in [1.29, 1.82) is 0 Å². The van der Waals surface area contributed by atoms with E-state index < -0.39 is 0 Å². The van der Waals surface area contributed by atoms with Gasteiger partial charge in [-0.15, -0.1) is 0 Å². The number of aromatic nitrogens is 2. The topological polar surface area (TPSA) is 56.1 Å². The monoisotopic (exact) mass is 341 g/mol. The molecule has 3 rings (SSSR count). The van der Waals surface area contributed by atoms with E-state index in [4.69, 9.17) is 4.74 Å². The lowest BCUT2D eigenvalue weighted by Gasteiger charge is -2.25. The summed E-state index contributed by atoms with van der Waals surface area (Å²) in [6.07, 6.45) is 3.83. The fraction of sp³-hybridized carbons (Fsp3) is 0.500. The van der Waals surface area contributed by atoms with Gasteiger partial charge >= 0.3 is 0 Å². The summed E-state index contributed by atoms with van der Waals surface area (Å²) in [6, 6.07) is 4.57. The number of hydrogen-bond donors (Lipinski definition) is 1. The van der Waals surface area contributed by atoms with Crippen molar-refractivity contribution in [3.05, 3.63) is 46.5 Å². The van der Waals surface area contributed by atoms with Crippen LogP contribution < -0.4 is 10.1 Å². The molecule has 0 aliphatic carbocycles. The number of carbonyl (C=O) groups is 1. The first-order valence-electron chi connectivity index (χ1n) is 8.91. The van der Waals surface area contributed by atoms with Crippen molar-refractivity contribution in [2.45, 2.75) is 59.0 Å². The molecule has 0 fully saturated rings. The molecule has 0 spiro atoms. The number of methoxy groups -OCH3 is 1. The van der Waals surface area contributed by atoms with Crippen molar-refractivity contribution in [2.75, 3.05) is 7.11 Å². The maximum absolute atomic E-state index is 12.2. The van der Waals surface area contributed by atoms with E-state index in [1.54, 1.807) is 7.11 Å². The number of fused-ring (bicyclic) bond motifs is 1. The van der Waals surface area contributed by atoms with Gasteiger partial charge in [0.15, 0.2) is 0 Å². The lowest BCUT2D eigenvalue weighted by Crippen LogP contribution is -2.30. The van der Waals surface area contributed by atoms with Gasteiger partial charge in [0, 0.05) is 31.1 Å². The molecule has 5 nitrogen and oxygen atoms in total. The van der Waals surface area contributed by atoms with Crippen molar-refractivity contribution < 1.29 is 9.53 Å². The standard InChI is InChI=1S/C20H27N3O2/c1-12(2)21-20(24)17-11-23-10-15(6-7-18(23)22-17)16-8-13(3)19(25-5)14(4)9-16/h8-9,11-12,15H,6-7,10H2,1-5H3,(H,21,24). The molecule has 2 aromatic rings. The Bertz CT molecular complexity index is 769. The zero-order valence-corrected chi connectivity index (χ0v) is 15.7. The molecule has 1 N–H and O–H groups in total. The first-order chi connectivity index (χ1) is 11.9. The first-order valence-corrected chi connectivity index (χ1v) is 8.91. The molecule has 1 amide bonds. The lowest BCUT2D eigenvalue weighted by molar-refractivity contribution is 0.0938. The fourth-order valence-corrected chi connectivity index (χ4v) is 3.70. The minimum atomic E-state index is -0.0930. The zero-order chi connectivity index (χ0) is 18.1. The Morgan fingerprint density at radius 2 is 2.00 bits per heavy atom. The van der Waals surface area contributed by atoms with Crippen LogP contribution in [-0.4, -0.2) is 28.6 Å². The van der Waals surface area contributed by atoms with E-state index in [0.29, 0.717) is 11.6 Å². The Hall–Kier alpha value is -2.30. The normalized spacial score (nSPS) is 16.6. The molecule has 2 heterocycles. The van der Waals surface area contributed by atoms with Crippen LogP contribution in [0.3, 0.4) is 0 Å². The van der Waals surface area contributed by atoms with E-state index in [2.05, 4.69) is 40.8 Å². The van der Waals surface area contributed by atoms with Crippen LogP contribution in [0, 0.1) is 13.8 Å². The molecule has 0 radical (unpaired) electrons. The summed E-state index contributed by atoms with van der Waals surface area (Å²) < 4.78 is 7.61. The van der Waals surface area contributed by atoms with Crippen LogP contribution in [0.4, 0.5) is 0 Å². The average molecular weight is 341 g/mol. The second kappa shape index (κ2) is 6.90. The molecular weight excluding hydrogens is 314 g/mol. The number of nitrogens with one attached hydrogen (secondary N) is 1. The Kier molecular flexibility index (Phi) is 4.84. The van der Waals surface area contributed by atoms with Gasteiger partial charge in [0.2, 0.25) is 0 Å². The molecule has 1 aromatic heterocycles. The van der Waals surface area contributed by atoms with Crippen molar-refractivity contribution in [3.8, 4) is 5.75 Å². The fourth-order valence-electron chi connectivity index (χ4n) is 3.70. The maximum atomic E-state index is 12.2. The van der Waals surface area contributed by atoms with E-state index in [1.807, 2.05) is 20.0 Å². The molecule has 1 aliphatic rings. The van der Waals surface area contributed by atoms with E-state index in [-0.39, 0.29) is 11.9 Å². The Labute approximate surface area is 149 Å². The van der Waals surface area contributed by atoms with E-state index >= 15 is 0 Å². The number of ether oxygens (including phenoxy) is 1. The van der Waals surface area contributed by atoms with Gasteiger partial charge in [-0.1, -0.05) is 12.1 Å². The Morgan fingerprint density at radius 1 is 1.32 bits per heavy atom. The Balaban J connectivity index is 1.82. The van der Waals surface area contributed by atoms with Crippen LogP contribution in [0.1, 0.15) is 59.2 Å². The number of hydrogen-bond acceptors (Lipinski definition) is 3. The largest absolute Gasteiger partial charge is 0.496 e. The highest BCUT2D eigenvalue weighted by molar-refractivity contribution is 5.92. The predicted molar refractivity (Wildman–Crippen MR) is 98.4 cm³/mol. The smallest absolute Gasteiger partial charge is 0.271 e. The molecular formula is C20H27N3O2. The number of amides is 1. The summed E-state index contributed by atoms with van der Waals surface area (Å²) >= 11 is 0. The summed E-state index contributed by atoms with van der Waals surface area (Å²) in [5.74, 6) is 2.32. The predicted octanol–water partition coefficient (Wildman–Crippen LogP) is 3.38. The van der Waals surface area contributed by atoms with Crippen LogP contribution in [-0.2, 0) is 13.0 Å². The number of aryl methyl sites for hydroxylation is 3. The number of imidazole rings is 1. The highest BCUT2D eigenvalue weighted by atomic mass is 16.5. The van der Waals surface area contributed by atoms with E-state index in [9.17, 15) is 4.79 Å². The summed E-state index contributed by atoms with van der Waals surface area (Å²) in [5, 5.41) is 2.91. The Morgan fingerprint density at radius 3 is 2.60 bits per heavy atom. The molecule has 1 unspecified atom stereocenters. The SMILES string of the molecule is COc1c(C)cc(C2CCc3nc(C(=O)NC(C)C)cn3C2)cc1C. The molecule has 1 atom stereocenters. The van der Waals surface area contributed by atoms with Crippen LogP contribution in [0.15, 0.2) is 18.3 Å². The molecule has 1 aromatic carbocycles. The summed E-state index contributed by atoms with van der Waals surface area (Å²) in [6.45, 7) is 8.96. The lowest BCUT2D eigenvalue weighted by atomic mass is 9.89. The van der Waals surface area contributed by atoms with Gasteiger partial charge in [-0.25, -0.2) is 4.98 Å². The number of carbonyl (C=O) groups excluding carboxylic acids is 1. The second-order valence-corrected chi connectivity index (χ2v) is 7.25. The minimum absolute atomic E-state index is 0.0930.